The Kier molecular flexibility index (Phi) is 4.92. The van der Waals surface area contributed by atoms with Crippen LogP contribution in [0, 0.1) is 25.7 Å². The van der Waals surface area contributed by atoms with Gasteiger partial charge in [0, 0.05) is 22.5 Å². The van der Waals surface area contributed by atoms with Crippen LogP contribution in [-0.2, 0) is 6.61 Å². The number of benzene rings is 2. The minimum absolute atomic E-state index is 0.0446. The van der Waals surface area contributed by atoms with Crippen LogP contribution in [-0.4, -0.2) is 20.7 Å². The molecule has 0 aliphatic rings. The second-order valence-corrected chi connectivity index (χ2v) is 6.07. The third-order valence-corrected chi connectivity index (χ3v) is 4.21. The van der Waals surface area contributed by atoms with Crippen molar-refractivity contribution < 1.29 is 15.0 Å². The van der Waals surface area contributed by atoms with Gasteiger partial charge in [0.25, 0.3) is 0 Å². The van der Waals surface area contributed by atoms with Crippen molar-refractivity contribution in [3.63, 3.8) is 0 Å². The zero-order valence-electron chi connectivity index (χ0n) is 14.7. The monoisotopic (exact) mass is 345 g/mol. The van der Waals surface area contributed by atoms with Gasteiger partial charge in [-0.3, -0.25) is 0 Å². The van der Waals surface area contributed by atoms with E-state index < -0.39 is 5.97 Å². The van der Waals surface area contributed by atoms with Gasteiger partial charge < -0.3 is 14.8 Å². The van der Waals surface area contributed by atoms with Gasteiger partial charge in [0.2, 0.25) is 0 Å². The molecule has 3 rings (SSSR count). The number of aryl methyl sites for hydroxylation is 2. The Morgan fingerprint density at radius 3 is 2.35 bits per heavy atom. The maximum Gasteiger partial charge on any atom is 0.337 e. The van der Waals surface area contributed by atoms with Crippen molar-refractivity contribution in [2.24, 2.45) is 0 Å². The Balaban J connectivity index is 2.19. The molecule has 4 nitrogen and oxygen atoms in total. The number of aliphatic hydroxyl groups is 1. The molecule has 2 aromatic carbocycles. The van der Waals surface area contributed by atoms with E-state index in [0.717, 1.165) is 22.5 Å². The SMILES string of the molecule is Cc1ccc(C)n1-c1c(C#Cc2cccc(CO)c2)cccc1C(=O)O. The van der Waals surface area contributed by atoms with Crippen LogP contribution in [0.3, 0.4) is 0 Å². The molecule has 2 N–H and O–H groups in total. The summed E-state index contributed by atoms with van der Waals surface area (Å²) in [4.78, 5) is 11.8. The molecule has 0 atom stereocenters. The van der Waals surface area contributed by atoms with Gasteiger partial charge in [0.05, 0.1) is 17.9 Å². The third kappa shape index (κ3) is 3.39. The lowest BCUT2D eigenvalue weighted by Gasteiger charge is -2.14. The fourth-order valence-corrected chi connectivity index (χ4v) is 2.97. The van der Waals surface area contributed by atoms with E-state index in [4.69, 9.17) is 0 Å². The number of aromatic nitrogens is 1. The first-order chi connectivity index (χ1) is 12.5. The van der Waals surface area contributed by atoms with Gasteiger partial charge >= 0.3 is 5.97 Å². The molecule has 1 heterocycles. The number of hydrogen-bond acceptors (Lipinski definition) is 2. The first-order valence-corrected chi connectivity index (χ1v) is 8.24. The van der Waals surface area contributed by atoms with Gasteiger partial charge in [-0.1, -0.05) is 30.0 Å². The molecule has 130 valence electrons. The van der Waals surface area contributed by atoms with Gasteiger partial charge in [-0.25, -0.2) is 4.79 Å². The summed E-state index contributed by atoms with van der Waals surface area (Å²) in [6, 6.07) is 16.4. The quantitative estimate of drug-likeness (QED) is 0.712. The summed E-state index contributed by atoms with van der Waals surface area (Å²) in [7, 11) is 0. The molecule has 26 heavy (non-hydrogen) atoms. The van der Waals surface area contributed by atoms with Gasteiger partial charge in [0.15, 0.2) is 0 Å². The zero-order valence-corrected chi connectivity index (χ0v) is 14.7. The predicted octanol–water partition coefficient (Wildman–Crippen LogP) is 3.68. The summed E-state index contributed by atoms with van der Waals surface area (Å²) in [5, 5.41) is 18.9. The molecule has 4 heteroatoms. The number of carbonyl (C=O) groups is 1. The van der Waals surface area contributed by atoms with Crippen LogP contribution >= 0.6 is 0 Å². The normalized spacial score (nSPS) is 10.3. The number of para-hydroxylation sites is 1. The van der Waals surface area contributed by atoms with Crippen molar-refractivity contribution in [3.8, 4) is 17.5 Å². The minimum Gasteiger partial charge on any atom is -0.478 e. The molecule has 0 saturated carbocycles. The van der Waals surface area contributed by atoms with Crippen molar-refractivity contribution in [1.82, 2.24) is 4.57 Å². The van der Waals surface area contributed by atoms with E-state index in [2.05, 4.69) is 11.8 Å². The molecule has 3 aromatic rings. The van der Waals surface area contributed by atoms with Crippen molar-refractivity contribution >= 4 is 5.97 Å². The smallest absolute Gasteiger partial charge is 0.337 e. The molecule has 0 fully saturated rings. The highest BCUT2D eigenvalue weighted by Crippen LogP contribution is 2.24. The first-order valence-electron chi connectivity index (χ1n) is 8.24. The molecule has 0 radical (unpaired) electrons. The standard InChI is InChI=1S/C22H19NO3/c1-15-9-10-16(2)23(15)21-19(7-4-8-20(21)22(25)26)12-11-17-5-3-6-18(13-17)14-24/h3-10,13,24H,14H2,1-2H3,(H,25,26). The van der Waals surface area contributed by atoms with Gasteiger partial charge in [0.1, 0.15) is 0 Å². The Labute approximate surface area is 152 Å². The molecular weight excluding hydrogens is 326 g/mol. The Hall–Kier alpha value is -3.29. The number of carboxylic acid groups (broad SMARTS) is 1. The number of aliphatic hydroxyl groups excluding tert-OH is 1. The topological polar surface area (TPSA) is 62.5 Å². The molecule has 0 saturated heterocycles. The Morgan fingerprint density at radius 1 is 1.00 bits per heavy atom. The van der Waals surface area contributed by atoms with E-state index >= 15 is 0 Å². The minimum atomic E-state index is -0.988. The van der Waals surface area contributed by atoms with Crippen molar-refractivity contribution in [1.29, 1.82) is 0 Å². The summed E-state index contributed by atoms with van der Waals surface area (Å²) in [6.45, 7) is 3.83. The van der Waals surface area contributed by atoms with Gasteiger partial charge in [-0.2, -0.15) is 0 Å². The number of carboxylic acids is 1. The van der Waals surface area contributed by atoms with Crippen molar-refractivity contribution in [2.45, 2.75) is 20.5 Å². The lowest BCUT2D eigenvalue weighted by Crippen LogP contribution is -2.10. The van der Waals surface area contributed by atoms with Crippen molar-refractivity contribution in [3.05, 3.63) is 88.2 Å². The van der Waals surface area contributed by atoms with Crippen LogP contribution in [0.5, 0.6) is 0 Å². The summed E-state index contributed by atoms with van der Waals surface area (Å²) in [6.07, 6.45) is 0. The summed E-state index contributed by atoms with van der Waals surface area (Å²) in [5.74, 6) is 5.19. The number of hydrogen-bond donors (Lipinski definition) is 2. The highest BCUT2D eigenvalue weighted by Gasteiger charge is 2.17. The predicted molar refractivity (Wildman–Crippen MR) is 101 cm³/mol. The Morgan fingerprint density at radius 2 is 1.69 bits per heavy atom. The molecule has 0 bridgehead atoms. The highest BCUT2D eigenvalue weighted by molar-refractivity contribution is 5.93. The largest absolute Gasteiger partial charge is 0.478 e. The maximum absolute atomic E-state index is 11.8. The van der Waals surface area contributed by atoms with E-state index in [-0.39, 0.29) is 12.2 Å². The average molecular weight is 345 g/mol. The highest BCUT2D eigenvalue weighted by atomic mass is 16.4. The second-order valence-electron chi connectivity index (χ2n) is 6.07. The maximum atomic E-state index is 11.8. The van der Waals surface area contributed by atoms with E-state index in [1.165, 1.54) is 0 Å². The summed E-state index contributed by atoms with van der Waals surface area (Å²) >= 11 is 0. The van der Waals surface area contributed by atoms with Crippen LogP contribution < -0.4 is 0 Å². The van der Waals surface area contributed by atoms with Crippen molar-refractivity contribution in [2.75, 3.05) is 0 Å². The van der Waals surface area contributed by atoms with Crippen LogP contribution in [0.2, 0.25) is 0 Å². The van der Waals surface area contributed by atoms with Crippen LogP contribution in [0.1, 0.15) is 38.4 Å². The average Bonchev–Trinajstić information content (AvgIpc) is 2.98. The Bertz CT molecular complexity index is 1020. The fraction of sp³-hybridized carbons (Fsp3) is 0.136. The first kappa shape index (κ1) is 17.5. The van der Waals surface area contributed by atoms with Crippen LogP contribution in [0.25, 0.3) is 5.69 Å². The zero-order chi connectivity index (χ0) is 18.7. The van der Waals surface area contributed by atoms with E-state index in [1.807, 2.05) is 60.9 Å². The molecule has 0 aliphatic heterocycles. The summed E-state index contributed by atoms with van der Waals surface area (Å²) in [5.41, 5.74) is 4.87. The number of nitrogens with zero attached hydrogens (tertiary/aromatic N) is 1. The molecule has 1 aromatic heterocycles. The lowest BCUT2D eigenvalue weighted by molar-refractivity contribution is 0.0697. The van der Waals surface area contributed by atoms with Crippen LogP contribution in [0.15, 0.2) is 54.6 Å². The van der Waals surface area contributed by atoms with Crippen LogP contribution in [0.4, 0.5) is 0 Å². The molecule has 0 amide bonds. The molecular formula is C22H19NO3. The number of rotatable bonds is 3. The van der Waals surface area contributed by atoms with Gasteiger partial charge in [-0.05, 0) is 55.8 Å². The number of aromatic carboxylic acids is 1. The summed E-state index contributed by atoms with van der Waals surface area (Å²) < 4.78 is 1.91. The fourth-order valence-electron chi connectivity index (χ4n) is 2.97. The van der Waals surface area contributed by atoms with Gasteiger partial charge in [-0.15, -0.1) is 0 Å². The third-order valence-electron chi connectivity index (χ3n) is 4.21. The van der Waals surface area contributed by atoms with E-state index in [9.17, 15) is 15.0 Å². The molecule has 0 unspecified atom stereocenters. The molecule has 0 spiro atoms. The second kappa shape index (κ2) is 7.30. The van der Waals surface area contributed by atoms with E-state index in [1.54, 1.807) is 12.1 Å². The molecule has 0 aliphatic carbocycles. The lowest BCUT2D eigenvalue weighted by atomic mass is 10.1. The van der Waals surface area contributed by atoms with E-state index in [0.29, 0.717) is 11.3 Å².